The van der Waals surface area contributed by atoms with Crippen LogP contribution in [0.25, 0.3) is 0 Å². The van der Waals surface area contributed by atoms with Gasteiger partial charge in [0.15, 0.2) is 9.84 Å². The summed E-state index contributed by atoms with van der Waals surface area (Å²) in [6, 6.07) is 5.74. The summed E-state index contributed by atoms with van der Waals surface area (Å²) in [5.41, 5.74) is 2.93. The molecule has 0 spiro atoms. The number of nitrogens with zero attached hydrogens (tertiary/aromatic N) is 2. The Bertz CT molecular complexity index is 893. The number of rotatable bonds is 5. The normalized spacial score (nSPS) is 19.0. The minimum absolute atomic E-state index is 0.0480. The summed E-state index contributed by atoms with van der Waals surface area (Å²) in [7, 11) is -3.00. The summed E-state index contributed by atoms with van der Waals surface area (Å²) in [5.74, 6) is 0.265. The van der Waals surface area contributed by atoms with E-state index in [2.05, 4.69) is 15.5 Å². The molecule has 0 radical (unpaired) electrons. The Labute approximate surface area is 150 Å². The van der Waals surface area contributed by atoms with Crippen LogP contribution >= 0.6 is 11.8 Å². The molecule has 1 aliphatic heterocycles. The molecule has 1 unspecified atom stereocenters. The highest BCUT2D eigenvalue weighted by molar-refractivity contribution is 7.99. The first kappa shape index (κ1) is 17.9. The summed E-state index contributed by atoms with van der Waals surface area (Å²) in [6.07, 6.45) is 0.502. The Balaban J connectivity index is 1.55. The molecule has 0 saturated carbocycles. The van der Waals surface area contributed by atoms with Crippen molar-refractivity contribution < 1.29 is 17.6 Å². The molecule has 25 heavy (non-hydrogen) atoms. The SMILES string of the molecule is Cc1cccc(NC(=O)CSc2nnc(C3CCS(=O)(=O)C3)o2)c1C. The van der Waals surface area contributed by atoms with E-state index in [0.29, 0.717) is 12.3 Å². The highest BCUT2D eigenvalue weighted by Gasteiger charge is 2.32. The molecular formula is C16H19N3O4S2. The molecule has 1 saturated heterocycles. The molecule has 0 aliphatic carbocycles. The molecule has 134 valence electrons. The molecule has 1 atom stereocenters. The van der Waals surface area contributed by atoms with Crippen LogP contribution in [0.15, 0.2) is 27.8 Å². The maximum absolute atomic E-state index is 12.1. The van der Waals surface area contributed by atoms with E-state index >= 15 is 0 Å². The molecule has 1 aliphatic rings. The summed E-state index contributed by atoms with van der Waals surface area (Å²) in [5, 5.41) is 10.9. The second-order valence-electron chi connectivity index (χ2n) is 6.09. The van der Waals surface area contributed by atoms with Crippen LogP contribution < -0.4 is 5.32 Å². The standard InChI is InChI=1S/C16H19N3O4S2/c1-10-4-3-5-13(11(10)2)17-14(20)8-24-16-19-18-15(23-16)12-6-7-25(21,22)9-12/h3-5,12H,6-9H2,1-2H3,(H,17,20). The van der Waals surface area contributed by atoms with Crippen molar-refractivity contribution in [3.05, 3.63) is 35.2 Å². The third kappa shape index (κ3) is 4.40. The highest BCUT2D eigenvalue weighted by Crippen LogP contribution is 2.29. The number of amides is 1. The van der Waals surface area contributed by atoms with E-state index in [1.165, 1.54) is 0 Å². The lowest BCUT2D eigenvalue weighted by molar-refractivity contribution is -0.113. The third-order valence-corrected chi connectivity index (χ3v) is 6.80. The lowest BCUT2D eigenvalue weighted by atomic mass is 10.1. The molecule has 1 N–H and O–H groups in total. The number of aryl methyl sites for hydroxylation is 1. The molecule has 0 bridgehead atoms. The molecule has 1 aromatic carbocycles. The fourth-order valence-electron chi connectivity index (χ4n) is 2.63. The number of hydrogen-bond acceptors (Lipinski definition) is 7. The molecule has 3 rings (SSSR count). The Morgan fingerprint density at radius 2 is 2.16 bits per heavy atom. The Morgan fingerprint density at radius 3 is 2.88 bits per heavy atom. The van der Waals surface area contributed by atoms with Crippen molar-refractivity contribution in [1.82, 2.24) is 10.2 Å². The van der Waals surface area contributed by atoms with Gasteiger partial charge in [-0.15, -0.1) is 10.2 Å². The maximum Gasteiger partial charge on any atom is 0.277 e. The summed E-state index contributed by atoms with van der Waals surface area (Å²) in [4.78, 5) is 12.1. The number of benzene rings is 1. The van der Waals surface area contributed by atoms with Gasteiger partial charge in [-0.25, -0.2) is 8.42 Å². The van der Waals surface area contributed by atoms with Crippen LogP contribution in [0.1, 0.15) is 29.4 Å². The van der Waals surface area contributed by atoms with Gasteiger partial charge in [0, 0.05) is 5.69 Å². The van der Waals surface area contributed by atoms with Crippen LogP contribution in [-0.2, 0) is 14.6 Å². The van der Waals surface area contributed by atoms with Gasteiger partial charge in [0.05, 0.1) is 23.2 Å². The number of anilines is 1. The molecule has 2 heterocycles. The van der Waals surface area contributed by atoms with Gasteiger partial charge in [-0.1, -0.05) is 23.9 Å². The van der Waals surface area contributed by atoms with E-state index in [-0.39, 0.29) is 34.3 Å². The summed E-state index contributed by atoms with van der Waals surface area (Å²) >= 11 is 1.14. The Morgan fingerprint density at radius 1 is 1.36 bits per heavy atom. The molecule has 1 fully saturated rings. The molecular weight excluding hydrogens is 362 g/mol. The van der Waals surface area contributed by atoms with Crippen molar-refractivity contribution in [2.75, 3.05) is 22.6 Å². The molecule has 1 amide bonds. The first-order chi connectivity index (χ1) is 11.8. The second kappa shape index (κ2) is 7.17. The number of carbonyl (C=O) groups is 1. The fraction of sp³-hybridized carbons (Fsp3) is 0.438. The minimum Gasteiger partial charge on any atom is -0.416 e. The van der Waals surface area contributed by atoms with Crippen LogP contribution in [-0.4, -0.2) is 41.8 Å². The summed E-state index contributed by atoms with van der Waals surface area (Å²) in [6.45, 7) is 3.95. The van der Waals surface area contributed by atoms with Gasteiger partial charge >= 0.3 is 0 Å². The summed E-state index contributed by atoms with van der Waals surface area (Å²) < 4.78 is 28.5. The van der Waals surface area contributed by atoms with E-state index in [1.54, 1.807) is 0 Å². The van der Waals surface area contributed by atoms with Gasteiger partial charge in [-0.05, 0) is 37.5 Å². The quantitative estimate of drug-likeness (QED) is 0.793. The smallest absolute Gasteiger partial charge is 0.277 e. The lowest BCUT2D eigenvalue weighted by Gasteiger charge is -2.09. The van der Waals surface area contributed by atoms with Crippen molar-refractivity contribution in [2.45, 2.75) is 31.4 Å². The fourth-order valence-corrected chi connectivity index (χ4v) is 4.94. The monoisotopic (exact) mass is 381 g/mol. The van der Waals surface area contributed by atoms with Gasteiger partial charge in [0.2, 0.25) is 11.8 Å². The lowest BCUT2D eigenvalue weighted by Crippen LogP contribution is -2.15. The van der Waals surface area contributed by atoms with E-state index in [1.807, 2.05) is 32.0 Å². The average molecular weight is 381 g/mol. The van der Waals surface area contributed by atoms with Crippen LogP contribution in [0.5, 0.6) is 0 Å². The predicted molar refractivity (Wildman–Crippen MR) is 95.6 cm³/mol. The van der Waals surface area contributed by atoms with Crippen LogP contribution in [0, 0.1) is 13.8 Å². The number of sulfone groups is 1. The van der Waals surface area contributed by atoms with E-state index < -0.39 is 9.84 Å². The van der Waals surface area contributed by atoms with Crippen molar-refractivity contribution in [3.8, 4) is 0 Å². The first-order valence-corrected chi connectivity index (χ1v) is 10.7. The van der Waals surface area contributed by atoms with Gasteiger partial charge < -0.3 is 9.73 Å². The van der Waals surface area contributed by atoms with Gasteiger partial charge in [-0.3, -0.25) is 4.79 Å². The average Bonchev–Trinajstić information content (AvgIpc) is 3.16. The van der Waals surface area contributed by atoms with Crippen molar-refractivity contribution in [3.63, 3.8) is 0 Å². The molecule has 9 heteroatoms. The maximum atomic E-state index is 12.1. The zero-order valence-corrected chi connectivity index (χ0v) is 15.6. The predicted octanol–water partition coefficient (Wildman–Crippen LogP) is 2.32. The molecule has 7 nitrogen and oxygen atoms in total. The van der Waals surface area contributed by atoms with Crippen molar-refractivity contribution in [1.29, 1.82) is 0 Å². The van der Waals surface area contributed by atoms with Crippen molar-refractivity contribution in [2.24, 2.45) is 0 Å². The van der Waals surface area contributed by atoms with Gasteiger partial charge in [-0.2, -0.15) is 0 Å². The van der Waals surface area contributed by atoms with Gasteiger partial charge in [0.25, 0.3) is 5.22 Å². The zero-order chi connectivity index (χ0) is 18.0. The topological polar surface area (TPSA) is 102 Å². The van der Waals surface area contributed by atoms with Crippen LogP contribution in [0.4, 0.5) is 5.69 Å². The number of carbonyl (C=O) groups excluding carboxylic acids is 1. The Kier molecular flexibility index (Phi) is 5.14. The second-order valence-corrected chi connectivity index (χ2v) is 9.25. The molecule has 2 aromatic rings. The largest absolute Gasteiger partial charge is 0.416 e. The van der Waals surface area contributed by atoms with Crippen molar-refractivity contribution >= 4 is 33.2 Å². The number of thioether (sulfide) groups is 1. The minimum atomic E-state index is -3.00. The van der Waals surface area contributed by atoms with E-state index in [0.717, 1.165) is 28.6 Å². The number of hydrogen-bond donors (Lipinski definition) is 1. The molecule has 1 aromatic heterocycles. The zero-order valence-electron chi connectivity index (χ0n) is 14.0. The van der Waals surface area contributed by atoms with Gasteiger partial charge in [0.1, 0.15) is 0 Å². The van der Waals surface area contributed by atoms with E-state index in [9.17, 15) is 13.2 Å². The number of nitrogens with one attached hydrogen (secondary N) is 1. The number of aromatic nitrogens is 2. The van der Waals surface area contributed by atoms with Crippen LogP contribution in [0.2, 0.25) is 0 Å². The van der Waals surface area contributed by atoms with Crippen LogP contribution in [0.3, 0.4) is 0 Å². The highest BCUT2D eigenvalue weighted by atomic mass is 32.2. The first-order valence-electron chi connectivity index (χ1n) is 7.87. The third-order valence-electron chi connectivity index (χ3n) is 4.21. The van der Waals surface area contributed by atoms with E-state index in [4.69, 9.17) is 4.42 Å². The Hall–Kier alpha value is -1.87.